The SMILES string of the molecule is CC(=O)c1cccc(OCC(=O)OCC(=O)Nc2ccccc2Cl)c1. The summed E-state index contributed by atoms with van der Waals surface area (Å²) in [6.07, 6.45) is 0. The molecule has 0 aromatic heterocycles. The molecule has 0 fully saturated rings. The maximum absolute atomic E-state index is 11.7. The van der Waals surface area contributed by atoms with Gasteiger partial charge in [0.2, 0.25) is 0 Å². The summed E-state index contributed by atoms with van der Waals surface area (Å²) in [5, 5.41) is 2.92. The highest BCUT2D eigenvalue weighted by molar-refractivity contribution is 6.33. The summed E-state index contributed by atoms with van der Waals surface area (Å²) in [6, 6.07) is 13.1. The van der Waals surface area contributed by atoms with Gasteiger partial charge < -0.3 is 14.8 Å². The number of halogens is 1. The van der Waals surface area contributed by atoms with Crippen LogP contribution in [0.25, 0.3) is 0 Å². The van der Waals surface area contributed by atoms with E-state index in [0.29, 0.717) is 22.0 Å². The number of hydrogen-bond acceptors (Lipinski definition) is 5. The molecule has 25 heavy (non-hydrogen) atoms. The predicted octanol–water partition coefficient (Wildman–Crippen LogP) is 3.10. The number of esters is 1. The zero-order valence-electron chi connectivity index (χ0n) is 13.5. The molecule has 2 rings (SSSR count). The Labute approximate surface area is 149 Å². The van der Waals surface area contributed by atoms with E-state index in [1.807, 2.05) is 0 Å². The summed E-state index contributed by atoms with van der Waals surface area (Å²) in [6.45, 7) is 0.604. The lowest BCUT2D eigenvalue weighted by atomic mass is 10.1. The van der Waals surface area contributed by atoms with Crippen LogP contribution in [0, 0.1) is 0 Å². The van der Waals surface area contributed by atoms with Crippen molar-refractivity contribution in [1.82, 2.24) is 0 Å². The molecule has 0 saturated carbocycles. The molecule has 0 aliphatic rings. The number of ether oxygens (including phenoxy) is 2. The Bertz CT molecular complexity index is 791. The number of nitrogens with one attached hydrogen (secondary N) is 1. The Morgan fingerprint density at radius 2 is 1.80 bits per heavy atom. The molecular weight excluding hydrogens is 346 g/mol. The Hall–Kier alpha value is -2.86. The van der Waals surface area contributed by atoms with Crippen LogP contribution in [0.3, 0.4) is 0 Å². The third-order valence-electron chi connectivity index (χ3n) is 3.11. The van der Waals surface area contributed by atoms with Crippen molar-refractivity contribution in [2.45, 2.75) is 6.92 Å². The molecule has 0 aliphatic carbocycles. The number of Topliss-reactive ketones (excluding diaryl/α,β-unsaturated/α-hetero) is 1. The van der Waals surface area contributed by atoms with Gasteiger partial charge in [-0.2, -0.15) is 0 Å². The number of hydrogen-bond donors (Lipinski definition) is 1. The molecule has 0 saturated heterocycles. The molecule has 1 N–H and O–H groups in total. The van der Waals surface area contributed by atoms with Gasteiger partial charge in [0.05, 0.1) is 10.7 Å². The zero-order valence-corrected chi connectivity index (χ0v) is 14.2. The number of carbonyl (C=O) groups is 3. The van der Waals surface area contributed by atoms with Crippen molar-refractivity contribution in [2.24, 2.45) is 0 Å². The number of ketones is 1. The van der Waals surface area contributed by atoms with E-state index in [1.165, 1.54) is 13.0 Å². The molecule has 0 aliphatic heterocycles. The van der Waals surface area contributed by atoms with Crippen LogP contribution in [0.15, 0.2) is 48.5 Å². The predicted molar refractivity (Wildman–Crippen MR) is 93.0 cm³/mol. The second-order valence-corrected chi connectivity index (χ2v) is 5.47. The summed E-state index contributed by atoms with van der Waals surface area (Å²) in [7, 11) is 0. The highest BCUT2D eigenvalue weighted by atomic mass is 35.5. The van der Waals surface area contributed by atoms with Crippen molar-refractivity contribution in [1.29, 1.82) is 0 Å². The Morgan fingerprint density at radius 1 is 1.04 bits per heavy atom. The van der Waals surface area contributed by atoms with Crippen LogP contribution in [0.2, 0.25) is 5.02 Å². The molecule has 2 aromatic rings. The molecule has 0 heterocycles. The molecule has 0 spiro atoms. The molecule has 7 heteroatoms. The van der Waals surface area contributed by atoms with Crippen LogP contribution in [-0.2, 0) is 14.3 Å². The summed E-state index contributed by atoms with van der Waals surface area (Å²) in [5.74, 6) is -0.961. The fraction of sp³-hybridized carbons (Fsp3) is 0.167. The lowest BCUT2D eigenvalue weighted by Gasteiger charge is -2.09. The van der Waals surface area contributed by atoms with Crippen molar-refractivity contribution in [2.75, 3.05) is 18.5 Å². The second-order valence-electron chi connectivity index (χ2n) is 5.06. The van der Waals surface area contributed by atoms with E-state index in [1.54, 1.807) is 42.5 Å². The first-order valence-electron chi connectivity index (χ1n) is 7.39. The topological polar surface area (TPSA) is 81.7 Å². The largest absolute Gasteiger partial charge is 0.482 e. The van der Waals surface area contributed by atoms with Crippen LogP contribution < -0.4 is 10.1 Å². The molecule has 130 valence electrons. The zero-order chi connectivity index (χ0) is 18.2. The molecular formula is C18H16ClNO5. The van der Waals surface area contributed by atoms with Gasteiger partial charge in [-0.3, -0.25) is 9.59 Å². The summed E-state index contributed by atoms with van der Waals surface area (Å²) >= 11 is 5.92. The number of carbonyl (C=O) groups excluding carboxylic acids is 3. The van der Waals surface area contributed by atoms with Crippen molar-refractivity contribution in [3.63, 3.8) is 0 Å². The van der Waals surface area contributed by atoms with Crippen molar-refractivity contribution < 1.29 is 23.9 Å². The van der Waals surface area contributed by atoms with E-state index in [9.17, 15) is 14.4 Å². The molecule has 0 bridgehead atoms. The molecule has 0 unspecified atom stereocenters. The Balaban J connectivity index is 1.77. The first-order valence-corrected chi connectivity index (χ1v) is 7.77. The minimum absolute atomic E-state index is 0.107. The first kappa shape index (κ1) is 18.5. The fourth-order valence-electron chi connectivity index (χ4n) is 1.88. The minimum atomic E-state index is -0.706. The van der Waals surface area contributed by atoms with Crippen molar-refractivity contribution in [3.8, 4) is 5.75 Å². The number of benzene rings is 2. The van der Waals surface area contributed by atoms with Gasteiger partial charge in [-0.25, -0.2) is 4.79 Å². The molecule has 6 nitrogen and oxygen atoms in total. The number of anilines is 1. The van der Waals surface area contributed by atoms with Crippen molar-refractivity contribution in [3.05, 3.63) is 59.1 Å². The Kier molecular flexibility index (Phi) is 6.54. The van der Waals surface area contributed by atoms with Gasteiger partial charge in [0, 0.05) is 5.56 Å². The first-order chi connectivity index (χ1) is 12.0. The normalized spacial score (nSPS) is 10.0. The van der Waals surface area contributed by atoms with E-state index in [2.05, 4.69) is 5.32 Å². The van der Waals surface area contributed by atoms with Crippen molar-refractivity contribution >= 4 is 34.9 Å². The van der Waals surface area contributed by atoms with Crippen LogP contribution >= 0.6 is 11.6 Å². The van der Waals surface area contributed by atoms with E-state index in [-0.39, 0.29) is 12.4 Å². The van der Waals surface area contributed by atoms with Gasteiger partial charge in [0.1, 0.15) is 5.75 Å². The van der Waals surface area contributed by atoms with Crippen LogP contribution in [-0.4, -0.2) is 30.9 Å². The molecule has 0 radical (unpaired) electrons. The van der Waals surface area contributed by atoms with Crippen LogP contribution in [0.5, 0.6) is 5.75 Å². The van der Waals surface area contributed by atoms with E-state index in [0.717, 1.165) is 0 Å². The Morgan fingerprint density at radius 3 is 2.52 bits per heavy atom. The number of para-hydroxylation sites is 1. The van der Waals surface area contributed by atoms with Gasteiger partial charge in [-0.05, 0) is 31.2 Å². The van der Waals surface area contributed by atoms with E-state index >= 15 is 0 Å². The van der Waals surface area contributed by atoms with Gasteiger partial charge in [-0.1, -0.05) is 35.9 Å². The third-order valence-corrected chi connectivity index (χ3v) is 3.44. The van der Waals surface area contributed by atoms with E-state index in [4.69, 9.17) is 21.1 Å². The average Bonchev–Trinajstić information content (AvgIpc) is 2.60. The fourth-order valence-corrected chi connectivity index (χ4v) is 2.07. The summed E-state index contributed by atoms with van der Waals surface area (Å²) < 4.78 is 10.1. The maximum atomic E-state index is 11.7. The maximum Gasteiger partial charge on any atom is 0.344 e. The van der Waals surface area contributed by atoms with Gasteiger partial charge >= 0.3 is 5.97 Å². The number of rotatable bonds is 7. The lowest BCUT2D eigenvalue weighted by Crippen LogP contribution is -2.23. The lowest BCUT2D eigenvalue weighted by molar-refractivity contribution is -0.149. The standard InChI is InChI=1S/C18H16ClNO5/c1-12(21)13-5-4-6-14(9-13)24-11-18(23)25-10-17(22)20-16-8-3-2-7-15(16)19/h2-9H,10-11H2,1H3,(H,20,22). The van der Waals surface area contributed by atoms with Crippen LogP contribution in [0.4, 0.5) is 5.69 Å². The van der Waals surface area contributed by atoms with Gasteiger partial charge in [-0.15, -0.1) is 0 Å². The molecule has 1 amide bonds. The van der Waals surface area contributed by atoms with Crippen LogP contribution in [0.1, 0.15) is 17.3 Å². The van der Waals surface area contributed by atoms with Gasteiger partial charge in [0.15, 0.2) is 19.0 Å². The highest BCUT2D eigenvalue weighted by Crippen LogP contribution is 2.20. The van der Waals surface area contributed by atoms with Gasteiger partial charge in [0.25, 0.3) is 5.91 Å². The summed E-state index contributed by atoms with van der Waals surface area (Å²) in [4.78, 5) is 34.7. The molecule has 2 aromatic carbocycles. The third kappa shape index (κ3) is 5.93. The van der Waals surface area contributed by atoms with E-state index < -0.39 is 18.5 Å². The molecule has 0 atom stereocenters. The monoisotopic (exact) mass is 361 g/mol. The highest BCUT2D eigenvalue weighted by Gasteiger charge is 2.10. The second kappa shape index (κ2) is 8.84. The smallest absolute Gasteiger partial charge is 0.344 e. The minimum Gasteiger partial charge on any atom is -0.482 e. The quantitative estimate of drug-likeness (QED) is 0.605. The average molecular weight is 362 g/mol. The summed E-state index contributed by atoms with van der Waals surface area (Å²) in [5.41, 5.74) is 0.910. The number of amides is 1.